The first-order chi connectivity index (χ1) is 7.81. The lowest BCUT2D eigenvalue weighted by atomic mass is 10.1. The van der Waals surface area contributed by atoms with Crippen molar-refractivity contribution in [2.45, 2.75) is 32.9 Å². The van der Waals surface area contributed by atoms with E-state index in [1.54, 1.807) is 0 Å². The molecule has 0 saturated carbocycles. The lowest BCUT2D eigenvalue weighted by molar-refractivity contribution is 0.281. The average molecular weight is 222 g/mol. The fourth-order valence-corrected chi connectivity index (χ4v) is 2.39. The van der Waals surface area contributed by atoms with Crippen LogP contribution in [0.25, 0.3) is 0 Å². The topological polar surface area (TPSA) is 28.4 Å². The van der Waals surface area contributed by atoms with E-state index in [2.05, 4.69) is 29.3 Å². The molecule has 0 amide bonds. The number of hydrogen-bond donors (Lipinski definition) is 1. The van der Waals surface area contributed by atoms with E-state index >= 15 is 0 Å². The Balaban J connectivity index is 1.84. The average Bonchev–Trinajstić information content (AvgIpc) is 2.89. The SMILES string of the molecule is CCC1CCN(Cc2ccc(CNC)o2)C1. The van der Waals surface area contributed by atoms with Gasteiger partial charge in [-0.1, -0.05) is 13.3 Å². The molecule has 2 heterocycles. The molecule has 0 radical (unpaired) electrons. The van der Waals surface area contributed by atoms with Gasteiger partial charge in [-0.05, 0) is 38.1 Å². The molecule has 1 N–H and O–H groups in total. The Labute approximate surface area is 97.8 Å². The maximum absolute atomic E-state index is 5.75. The molecule has 1 aliphatic rings. The standard InChI is InChI=1S/C13H22N2O/c1-3-11-6-7-15(9-11)10-13-5-4-12(16-13)8-14-2/h4-5,11,14H,3,6-10H2,1-2H3. The largest absolute Gasteiger partial charge is 0.463 e. The summed E-state index contributed by atoms with van der Waals surface area (Å²) >= 11 is 0. The molecule has 1 saturated heterocycles. The van der Waals surface area contributed by atoms with Gasteiger partial charge in [-0.15, -0.1) is 0 Å². The van der Waals surface area contributed by atoms with Gasteiger partial charge in [0.1, 0.15) is 11.5 Å². The molecule has 1 fully saturated rings. The monoisotopic (exact) mass is 222 g/mol. The zero-order chi connectivity index (χ0) is 11.4. The van der Waals surface area contributed by atoms with Crippen LogP contribution < -0.4 is 5.32 Å². The Morgan fingerprint density at radius 1 is 1.44 bits per heavy atom. The molecule has 0 spiro atoms. The van der Waals surface area contributed by atoms with Gasteiger partial charge in [0.05, 0.1) is 13.1 Å². The summed E-state index contributed by atoms with van der Waals surface area (Å²) in [5.74, 6) is 3.03. The van der Waals surface area contributed by atoms with Gasteiger partial charge in [-0.3, -0.25) is 4.90 Å². The predicted molar refractivity (Wildman–Crippen MR) is 65.1 cm³/mol. The molecule has 1 atom stereocenters. The highest BCUT2D eigenvalue weighted by Crippen LogP contribution is 2.21. The molecule has 1 unspecified atom stereocenters. The highest BCUT2D eigenvalue weighted by Gasteiger charge is 2.21. The Hall–Kier alpha value is -0.800. The van der Waals surface area contributed by atoms with Crippen molar-refractivity contribution in [3.05, 3.63) is 23.7 Å². The normalized spacial score (nSPS) is 21.8. The maximum atomic E-state index is 5.75. The second-order valence-corrected chi connectivity index (χ2v) is 4.70. The fraction of sp³-hybridized carbons (Fsp3) is 0.692. The highest BCUT2D eigenvalue weighted by molar-refractivity contribution is 5.07. The molecule has 1 aromatic heterocycles. The molecule has 1 aromatic rings. The number of nitrogens with zero attached hydrogens (tertiary/aromatic N) is 1. The summed E-state index contributed by atoms with van der Waals surface area (Å²) in [5, 5.41) is 3.10. The minimum atomic E-state index is 0.817. The summed E-state index contributed by atoms with van der Waals surface area (Å²) in [4.78, 5) is 2.50. The summed E-state index contributed by atoms with van der Waals surface area (Å²) in [6.45, 7) is 6.53. The summed E-state index contributed by atoms with van der Waals surface area (Å²) in [5.41, 5.74) is 0. The Morgan fingerprint density at radius 2 is 2.25 bits per heavy atom. The predicted octanol–water partition coefficient (Wildman–Crippen LogP) is 2.23. The van der Waals surface area contributed by atoms with E-state index < -0.39 is 0 Å². The summed E-state index contributed by atoms with van der Waals surface area (Å²) < 4.78 is 5.75. The molecular weight excluding hydrogens is 200 g/mol. The van der Waals surface area contributed by atoms with Gasteiger partial charge in [0.25, 0.3) is 0 Å². The summed E-state index contributed by atoms with van der Waals surface area (Å²) in [7, 11) is 1.94. The minimum Gasteiger partial charge on any atom is -0.463 e. The Morgan fingerprint density at radius 3 is 2.94 bits per heavy atom. The van der Waals surface area contributed by atoms with E-state index in [4.69, 9.17) is 4.42 Å². The van der Waals surface area contributed by atoms with Crippen molar-refractivity contribution in [3.63, 3.8) is 0 Å². The number of furan rings is 1. The van der Waals surface area contributed by atoms with Gasteiger partial charge in [0.15, 0.2) is 0 Å². The van der Waals surface area contributed by atoms with Gasteiger partial charge in [0.2, 0.25) is 0 Å². The zero-order valence-electron chi connectivity index (χ0n) is 10.3. The zero-order valence-corrected chi connectivity index (χ0v) is 10.3. The number of rotatable bonds is 5. The van der Waals surface area contributed by atoms with Crippen LogP contribution in [0.5, 0.6) is 0 Å². The van der Waals surface area contributed by atoms with E-state index in [0.29, 0.717) is 0 Å². The maximum Gasteiger partial charge on any atom is 0.118 e. The van der Waals surface area contributed by atoms with Crippen LogP contribution in [-0.4, -0.2) is 25.0 Å². The van der Waals surface area contributed by atoms with Crippen LogP contribution in [0, 0.1) is 5.92 Å². The van der Waals surface area contributed by atoms with Gasteiger partial charge < -0.3 is 9.73 Å². The third kappa shape index (κ3) is 2.86. The molecule has 3 heteroatoms. The summed E-state index contributed by atoms with van der Waals surface area (Å²) in [6, 6.07) is 4.17. The third-order valence-electron chi connectivity index (χ3n) is 3.40. The van der Waals surface area contributed by atoms with E-state index in [0.717, 1.165) is 30.5 Å². The van der Waals surface area contributed by atoms with Crippen LogP contribution in [-0.2, 0) is 13.1 Å². The number of hydrogen-bond acceptors (Lipinski definition) is 3. The van der Waals surface area contributed by atoms with Crippen molar-refractivity contribution in [2.75, 3.05) is 20.1 Å². The van der Waals surface area contributed by atoms with Crippen LogP contribution in [0.2, 0.25) is 0 Å². The van der Waals surface area contributed by atoms with Crippen LogP contribution in [0.3, 0.4) is 0 Å². The first-order valence-electron chi connectivity index (χ1n) is 6.26. The number of nitrogens with one attached hydrogen (secondary N) is 1. The minimum absolute atomic E-state index is 0.817. The Kier molecular flexibility index (Phi) is 4.02. The third-order valence-corrected chi connectivity index (χ3v) is 3.40. The van der Waals surface area contributed by atoms with Gasteiger partial charge in [0, 0.05) is 6.54 Å². The first-order valence-corrected chi connectivity index (χ1v) is 6.26. The molecule has 3 nitrogen and oxygen atoms in total. The van der Waals surface area contributed by atoms with E-state index in [-0.39, 0.29) is 0 Å². The molecule has 0 bridgehead atoms. The summed E-state index contributed by atoms with van der Waals surface area (Å²) in [6.07, 6.45) is 2.65. The van der Waals surface area contributed by atoms with Crippen molar-refractivity contribution >= 4 is 0 Å². The van der Waals surface area contributed by atoms with Gasteiger partial charge in [-0.2, -0.15) is 0 Å². The second-order valence-electron chi connectivity index (χ2n) is 4.70. The molecule has 16 heavy (non-hydrogen) atoms. The van der Waals surface area contributed by atoms with Crippen molar-refractivity contribution in [1.29, 1.82) is 0 Å². The molecule has 2 rings (SSSR count). The van der Waals surface area contributed by atoms with Crippen molar-refractivity contribution in [3.8, 4) is 0 Å². The smallest absolute Gasteiger partial charge is 0.118 e. The second kappa shape index (κ2) is 5.51. The first kappa shape index (κ1) is 11.7. The number of likely N-dealkylation sites (tertiary alicyclic amines) is 1. The molecular formula is C13H22N2O. The lowest BCUT2D eigenvalue weighted by Gasteiger charge is -2.13. The van der Waals surface area contributed by atoms with E-state index in [9.17, 15) is 0 Å². The van der Waals surface area contributed by atoms with E-state index in [1.165, 1.54) is 25.9 Å². The molecule has 0 aliphatic carbocycles. The van der Waals surface area contributed by atoms with E-state index in [1.807, 2.05) is 7.05 Å². The fourth-order valence-electron chi connectivity index (χ4n) is 2.39. The highest BCUT2D eigenvalue weighted by atomic mass is 16.3. The van der Waals surface area contributed by atoms with Crippen molar-refractivity contribution in [2.24, 2.45) is 5.92 Å². The Bertz CT molecular complexity index is 321. The van der Waals surface area contributed by atoms with Crippen LogP contribution in [0.15, 0.2) is 16.5 Å². The molecule has 0 aromatic carbocycles. The quantitative estimate of drug-likeness (QED) is 0.828. The van der Waals surface area contributed by atoms with Gasteiger partial charge >= 0.3 is 0 Å². The van der Waals surface area contributed by atoms with Crippen molar-refractivity contribution in [1.82, 2.24) is 10.2 Å². The van der Waals surface area contributed by atoms with Crippen LogP contribution in [0.4, 0.5) is 0 Å². The molecule has 1 aliphatic heterocycles. The van der Waals surface area contributed by atoms with Crippen molar-refractivity contribution < 1.29 is 4.42 Å². The van der Waals surface area contributed by atoms with Crippen LogP contribution >= 0.6 is 0 Å². The lowest BCUT2D eigenvalue weighted by Crippen LogP contribution is -2.19. The molecule has 90 valence electrons. The van der Waals surface area contributed by atoms with Gasteiger partial charge in [-0.25, -0.2) is 0 Å². The van der Waals surface area contributed by atoms with Crippen LogP contribution in [0.1, 0.15) is 31.3 Å².